The molecule has 1 saturated heterocycles. The van der Waals surface area contributed by atoms with Crippen molar-refractivity contribution in [3.8, 4) is 11.5 Å². The highest BCUT2D eigenvalue weighted by atomic mass is 16.5. The lowest BCUT2D eigenvalue weighted by Gasteiger charge is -2.22. The van der Waals surface area contributed by atoms with E-state index in [-0.39, 0.29) is 30.1 Å². The van der Waals surface area contributed by atoms with Crippen LogP contribution in [0.5, 0.6) is 11.5 Å². The number of rotatable bonds is 3. The van der Waals surface area contributed by atoms with Gasteiger partial charge in [-0.25, -0.2) is 0 Å². The number of ether oxygens (including phenoxy) is 1. The molecular formula is C15H19NO4. The zero-order chi connectivity index (χ0) is 14.7. The Kier molecular flexibility index (Phi) is 4.29. The largest absolute Gasteiger partial charge is 0.504 e. The molecular weight excluding hydrogens is 258 g/mol. The molecule has 1 heterocycles. The van der Waals surface area contributed by atoms with E-state index in [0.717, 1.165) is 5.57 Å². The van der Waals surface area contributed by atoms with E-state index >= 15 is 0 Å². The van der Waals surface area contributed by atoms with E-state index < -0.39 is 0 Å². The van der Waals surface area contributed by atoms with E-state index in [1.165, 1.54) is 19.2 Å². The summed E-state index contributed by atoms with van der Waals surface area (Å²) in [7, 11) is 1.44. The van der Waals surface area contributed by atoms with Crippen molar-refractivity contribution in [3.63, 3.8) is 0 Å². The zero-order valence-electron chi connectivity index (χ0n) is 11.7. The number of amides is 1. The molecule has 1 aromatic carbocycles. The Morgan fingerprint density at radius 3 is 2.90 bits per heavy atom. The van der Waals surface area contributed by atoms with Crippen LogP contribution in [0.25, 0.3) is 0 Å². The molecule has 2 rings (SSSR count). The molecule has 1 atom stereocenters. The number of carbonyl (C=O) groups excluding carboxylic acids is 1. The predicted octanol–water partition coefficient (Wildman–Crippen LogP) is 1.55. The van der Waals surface area contributed by atoms with Crippen molar-refractivity contribution < 1.29 is 19.7 Å². The Balaban J connectivity index is 2.26. The third kappa shape index (κ3) is 2.63. The monoisotopic (exact) mass is 277 g/mol. The van der Waals surface area contributed by atoms with Crippen LogP contribution >= 0.6 is 0 Å². The molecule has 1 aliphatic heterocycles. The van der Waals surface area contributed by atoms with E-state index in [4.69, 9.17) is 4.74 Å². The number of nitrogens with zero attached hydrogens (tertiary/aromatic N) is 1. The highest BCUT2D eigenvalue weighted by molar-refractivity contribution is 5.95. The highest BCUT2D eigenvalue weighted by Crippen LogP contribution is 2.29. The number of allylic oxidation sites excluding steroid dienone is 1. The summed E-state index contributed by atoms with van der Waals surface area (Å²) in [5, 5.41) is 19.0. The fourth-order valence-electron chi connectivity index (χ4n) is 2.41. The van der Waals surface area contributed by atoms with Gasteiger partial charge in [-0.3, -0.25) is 4.79 Å². The lowest BCUT2D eigenvalue weighted by Crippen LogP contribution is -2.37. The van der Waals surface area contributed by atoms with Crippen LogP contribution in [0.2, 0.25) is 0 Å². The van der Waals surface area contributed by atoms with Crippen molar-refractivity contribution in [1.29, 1.82) is 0 Å². The second-order valence-electron chi connectivity index (χ2n) is 4.81. The van der Waals surface area contributed by atoms with Gasteiger partial charge in [0.2, 0.25) is 0 Å². The van der Waals surface area contributed by atoms with Gasteiger partial charge in [-0.05, 0) is 31.5 Å². The van der Waals surface area contributed by atoms with E-state index in [9.17, 15) is 15.0 Å². The molecule has 5 heteroatoms. The van der Waals surface area contributed by atoms with Crippen molar-refractivity contribution >= 4 is 5.91 Å². The molecule has 2 N–H and O–H groups in total. The number of methoxy groups -OCH3 is 1. The highest BCUT2D eigenvalue weighted by Gasteiger charge is 2.31. The molecule has 1 aliphatic rings. The summed E-state index contributed by atoms with van der Waals surface area (Å²) >= 11 is 0. The Morgan fingerprint density at radius 2 is 2.30 bits per heavy atom. The normalized spacial score (nSPS) is 20.4. The lowest BCUT2D eigenvalue weighted by atomic mass is 10.1. The van der Waals surface area contributed by atoms with E-state index in [2.05, 4.69) is 0 Å². The van der Waals surface area contributed by atoms with Crippen molar-refractivity contribution in [2.45, 2.75) is 19.4 Å². The van der Waals surface area contributed by atoms with Crippen molar-refractivity contribution in [2.24, 2.45) is 0 Å². The Hall–Kier alpha value is -2.01. The number of hydrogen-bond acceptors (Lipinski definition) is 4. The summed E-state index contributed by atoms with van der Waals surface area (Å²) in [6.45, 7) is 2.41. The number of aliphatic hydroxyl groups excluding tert-OH is 1. The third-order valence-electron chi connectivity index (χ3n) is 3.62. The van der Waals surface area contributed by atoms with Gasteiger partial charge in [0.05, 0.1) is 19.8 Å². The fraction of sp³-hybridized carbons (Fsp3) is 0.400. The number of likely N-dealkylation sites (tertiary alicyclic amines) is 1. The number of aromatic hydroxyl groups is 1. The number of benzene rings is 1. The van der Waals surface area contributed by atoms with Crippen LogP contribution in [0, 0.1) is 0 Å². The van der Waals surface area contributed by atoms with Crippen LogP contribution in [0.15, 0.2) is 29.8 Å². The minimum absolute atomic E-state index is 0.00155. The number of phenols is 1. The van der Waals surface area contributed by atoms with E-state index in [1.807, 2.05) is 13.0 Å². The average molecular weight is 277 g/mol. The lowest BCUT2D eigenvalue weighted by molar-refractivity contribution is 0.0679. The predicted molar refractivity (Wildman–Crippen MR) is 74.9 cm³/mol. The molecule has 5 nitrogen and oxygen atoms in total. The molecule has 0 saturated carbocycles. The van der Waals surface area contributed by atoms with Crippen LogP contribution in [-0.4, -0.2) is 47.3 Å². The number of carbonyl (C=O) groups is 1. The summed E-state index contributed by atoms with van der Waals surface area (Å²) in [4.78, 5) is 14.2. The molecule has 108 valence electrons. The van der Waals surface area contributed by atoms with E-state index in [1.54, 1.807) is 11.0 Å². The standard InChI is InChI=1S/C15H19NO4/c1-3-10-6-12(9-17)16(8-10)15(19)11-4-5-13(18)14(7-11)20-2/h3-5,7,12,17-18H,6,8-9H2,1-2H3. The number of aliphatic hydroxyl groups is 1. The first-order valence-corrected chi connectivity index (χ1v) is 6.53. The van der Waals surface area contributed by atoms with Gasteiger partial charge < -0.3 is 19.8 Å². The van der Waals surface area contributed by atoms with Gasteiger partial charge in [0.25, 0.3) is 5.91 Å². The second kappa shape index (κ2) is 5.96. The van der Waals surface area contributed by atoms with Crippen LogP contribution in [0.3, 0.4) is 0 Å². The van der Waals surface area contributed by atoms with Crippen molar-refractivity contribution in [2.75, 3.05) is 20.3 Å². The first-order valence-electron chi connectivity index (χ1n) is 6.53. The Morgan fingerprint density at radius 1 is 1.55 bits per heavy atom. The Bertz CT molecular complexity index is 539. The zero-order valence-corrected chi connectivity index (χ0v) is 11.7. The average Bonchev–Trinajstić information content (AvgIpc) is 2.90. The number of hydrogen-bond donors (Lipinski definition) is 2. The molecule has 1 unspecified atom stereocenters. The molecule has 0 bridgehead atoms. The van der Waals surface area contributed by atoms with Gasteiger partial charge in [0, 0.05) is 12.1 Å². The summed E-state index contributed by atoms with van der Waals surface area (Å²) in [6, 6.07) is 4.32. The minimum atomic E-state index is -0.187. The first kappa shape index (κ1) is 14.4. The van der Waals surface area contributed by atoms with Crippen LogP contribution < -0.4 is 4.74 Å². The quantitative estimate of drug-likeness (QED) is 0.822. The molecule has 0 spiro atoms. The summed E-state index contributed by atoms with van der Waals surface area (Å²) in [5.41, 5.74) is 1.58. The maximum atomic E-state index is 12.5. The number of phenolic OH excluding ortho intramolecular Hbond substituents is 1. The molecule has 1 amide bonds. The van der Waals surface area contributed by atoms with Crippen LogP contribution in [0.4, 0.5) is 0 Å². The first-order chi connectivity index (χ1) is 9.60. The second-order valence-corrected chi connectivity index (χ2v) is 4.81. The van der Waals surface area contributed by atoms with Gasteiger partial charge in [0.1, 0.15) is 0 Å². The van der Waals surface area contributed by atoms with Crippen LogP contribution in [0.1, 0.15) is 23.7 Å². The van der Waals surface area contributed by atoms with Gasteiger partial charge >= 0.3 is 0 Å². The van der Waals surface area contributed by atoms with Gasteiger partial charge in [0.15, 0.2) is 11.5 Å². The molecule has 0 radical (unpaired) electrons. The van der Waals surface area contributed by atoms with Crippen molar-refractivity contribution in [3.05, 3.63) is 35.4 Å². The fourth-order valence-corrected chi connectivity index (χ4v) is 2.41. The van der Waals surface area contributed by atoms with Gasteiger partial charge in [-0.15, -0.1) is 0 Å². The molecule has 1 fully saturated rings. The molecule has 1 aromatic rings. The maximum absolute atomic E-state index is 12.5. The molecule has 20 heavy (non-hydrogen) atoms. The van der Waals surface area contributed by atoms with E-state index in [0.29, 0.717) is 18.5 Å². The Labute approximate surface area is 118 Å². The molecule has 0 aromatic heterocycles. The van der Waals surface area contributed by atoms with Gasteiger partial charge in [-0.1, -0.05) is 11.6 Å². The van der Waals surface area contributed by atoms with Crippen molar-refractivity contribution in [1.82, 2.24) is 4.90 Å². The summed E-state index contributed by atoms with van der Waals surface area (Å²) in [6.07, 6.45) is 2.68. The minimum Gasteiger partial charge on any atom is -0.504 e. The summed E-state index contributed by atoms with van der Waals surface area (Å²) in [5.74, 6) is 0.0966. The third-order valence-corrected chi connectivity index (χ3v) is 3.62. The summed E-state index contributed by atoms with van der Waals surface area (Å²) < 4.78 is 5.01. The van der Waals surface area contributed by atoms with Crippen LogP contribution in [-0.2, 0) is 0 Å². The molecule has 0 aliphatic carbocycles. The van der Waals surface area contributed by atoms with Gasteiger partial charge in [-0.2, -0.15) is 0 Å². The maximum Gasteiger partial charge on any atom is 0.254 e. The smallest absolute Gasteiger partial charge is 0.254 e. The SMILES string of the molecule is CC=C1CC(CO)N(C(=O)c2ccc(O)c(OC)c2)C1. The topological polar surface area (TPSA) is 70.0 Å².